The Labute approximate surface area is 307 Å². The van der Waals surface area contributed by atoms with Crippen LogP contribution in [0.2, 0.25) is 0 Å². The molecule has 3 heterocycles. The van der Waals surface area contributed by atoms with E-state index < -0.39 is 0 Å². The van der Waals surface area contributed by atoms with Crippen LogP contribution in [-0.2, 0) is 20.9 Å². The number of allylic oxidation sites excluding steroid dienone is 5. The monoisotopic (exact) mass is 715 g/mol. The molecule has 1 aliphatic heterocycles. The number of anilines is 1. The summed E-state index contributed by atoms with van der Waals surface area (Å²) >= 11 is 1.45. The number of carbonyl (C=O) groups is 2. The lowest BCUT2D eigenvalue weighted by molar-refractivity contribution is -0.138. The highest BCUT2D eigenvalue weighted by Crippen LogP contribution is 2.48. The van der Waals surface area contributed by atoms with E-state index in [-0.39, 0.29) is 17.9 Å². The number of hydrogen-bond acceptors (Lipinski definition) is 7. The van der Waals surface area contributed by atoms with Crippen LogP contribution in [0.5, 0.6) is 5.75 Å². The molecule has 0 aromatic carbocycles. The van der Waals surface area contributed by atoms with Crippen LogP contribution in [-0.4, -0.2) is 51.7 Å². The summed E-state index contributed by atoms with van der Waals surface area (Å²) in [6.07, 6.45) is 29.9. The third-order valence-corrected chi connectivity index (χ3v) is 13.3. The van der Waals surface area contributed by atoms with Gasteiger partial charge in [-0.2, -0.15) is 5.10 Å². The number of carbonyl (C=O) groups excluding carboxylic acids is 2. The van der Waals surface area contributed by atoms with E-state index in [0.717, 1.165) is 109 Å². The molecule has 5 aliphatic rings. The van der Waals surface area contributed by atoms with E-state index in [1.54, 1.807) is 7.11 Å². The van der Waals surface area contributed by atoms with Crippen molar-refractivity contribution in [3.63, 3.8) is 0 Å². The maximum Gasteiger partial charge on any atom is 0.225 e. The maximum atomic E-state index is 13.9. The Balaban J connectivity index is 1.05. The van der Waals surface area contributed by atoms with Crippen LogP contribution in [0.3, 0.4) is 0 Å². The maximum absolute atomic E-state index is 13.9. The number of aromatic nitrogens is 3. The highest BCUT2D eigenvalue weighted by atomic mass is 32.1. The molecule has 0 saturated heterocycles. The molecule has 3 fully saturated rings. The SMILES string of the molecule is COC1=CCCCC=C(c2c3c(nn2C2CCC(C(=O)N(C)C4CCC(CCC5CCCCC5)CC4)CC2)-c2sc(NC(C)=O)nc2CO3)C=C1. The normalized spacial score (nSPS) is 25.5. The molecular weight excluding hydrogens is 659 g/mol. The van der Waals surface area contributed by atoms with E-state index in [9.17, 15) is 9.59 Å². The summed E-state index contributed by atoms with van der Waals surface area (Å²) in [5, 5.41) is 8.67. The largest absolute Gasteiger partial charge is 0.497 e. The third kappa shape index (κ3) is 8.31. The fraction of sp³-hybridized carbons (Fsp3) is 0.659. The van der Waals surface area contributed by atoms with Crippen LogP contribution in [0.4, 0.5) is 5.13 Å². The molecule has 10 heteroatoms. The van der Waals surface area contributed by atoms with Gasteiger partial charge in [0.2, 0.25) is 11.8 Å². The number of ether oxygens (including phenoxy) is 2. The van der Waals surface area contributed by atoms with Gasteiger partial charge in [-0.15, -0.1) is 0 Å². The molecular formula is C41H57N5O4S. The van der Waals surface area contributed by atoms with Gasteiger partial charge >= 0.3 is 0 Å². The molecule has 2 amide bonds. The summed E-state index contributed by atoms with van der Waals surface area (Å²) in [7, 11) is 3.78. The second-order valence-corrected chi connectivity index (χ2v) is 16.7. The first-order valence-electron chi connectivity index (χ1n) is 19.8. The summed E-state index contributed by atoms with van der Waals surface area (Å²) < 4.78 is 14.3. The standard InChI is InChI=1S/C41H57N5O4S/c1-27(47)42-41-43-35-26-50-38-36(39(35)51-41)44-46(37(38)30-12-8-5-9-13-34(49-3)25-20-30)33-23-18-31(19-24-33)40(48)45(2)32-21-16-29(17-22-32)15-14-28-10-6-4-7-11-28/h12-13,20,25,28-29,31-33H,4-11,14-19,21-24,26H2,1-3H3,(H,42,43,47). The molecule has 7 rings (SSSR count). The van der Waals surface area contributed by atoms with Crippen LogP contribution < -0.4 is 10.1 Å². The van der Waals surface area contributed by atoms with Gasteiger partial charge < -0.3 is 19.7 Å². The van der Waals surface area contributed by atoms with Crippen LogP contribution in [0.25, 0.3) is 16.1 Å². The van der Waals surface area contributed by atoms with Gasteiger partial charge in [0.1, 0.15) is 29.4 Å². The lowest BCUT2D eigenvalue weighted by Gasteiger charge is -2.38. The topological polar surface area (TPSA) is 98.6 Å². The van der Waals surface area contributed by atoms with Crippen LogP contribution in [0.1, 0.15) is 140 Å². The first-order valence-corrected chi connectivity index (χ1v) is 20.6. The molecule has 2 aromatic heterocycles. The van der Waals surface area contributed by atoms with Gasteiger partial charge in [-0.05, 0) is 106 Å². The zero-order valence-corrected chi connectivity index (χ0v) is 31.8. The second-order valence-electron chi connectivity index (χ2n) is 15.7. The minimum Gasteiger partial charge on any atom is -0.497 e. The number of thiazole rings is 1. The van der Waals surface area contributed by atoms with Gasteiger partial charge in [-0.25, -0.2) is 4.98 Å². The van der Waals surface area contributed by atoms with Crippen molar-refractivity contribution in [2.45, 2.75) is 141 Å². The molecule has 276 valence electrons. The predicted molar refractivity (Wildman–Crippen MR) is 203 cm³/mol. The van der Waals surface area contributed by atoms with Crippen molar-refractivity contribution >= 4 is 33.9 Å². The number of fused-ring (bicyclic) bond motifs is 3. The molecule has 51 heavy (non-hydrogen) atoms. The Bertz CT molecular complexity index is 1630. The highest BCUT2D eigenvalue weighted by Gasteiger charge is 2.37. The van der Waals surface area contributed by atoms with E-state index in [1.165, 1.54) is 76.0 Å². The molecule has 2 aromatic rings. The quantitative estimate of drug-likeness (QED) is 0.278. The van der Waals surface area contributed by atoms with E-state index in [1.807, 2.05) is 6.08 Å². The predicted octanol–water partition coefficient (Wildman–Crippen LogP) is 9.62. The summed E-state index contributed by atoms with van der Waals surface area (Å²) in [5.74, 6) is 3.69. The van der Waals surface area contributed by atoms with Crippen LogP contribution in [0, 0.1) is 17.8 Å². The summed E-state index contributed by atoms with van der Waals surface area (Å²) in [6, 6.07) is 0.528. The lowest BCUT2D eigenvalue weighted by atomic mass is 9.78. The molecule has 3 saturated carbocycles. The lowest BCUT2D eigenvalue weighted by Crippen LogP contribution is -2.43. The average molecular weight is 716 g/mol. The van der Waals surface area contributed by atoms with Crippen molar-refractivity contribution in [2.24, 2.45) is 17.8 Å². The fourth-order valence-electron chi connectivity index (χ4n) is 9.27. The first-order chi connectivity index (χ1) is 24.9. The molecule has 0 radical (unpaired) electrons. The number of methoxy groups -OCH3 is 1. The Morgan fingerprint density at radius 1 is 0.941 bits per heavy atom. The molecule has 4 aliphatic carbocycles. The van der Waals surface area contributed by atoms with Crippen molar-refractivity contribution < 1.29 is 19.1 Å². The Morgan fingerprint density at radius 2 is 1.67 bits per heavy atom. The second kappa shape index (κ2) is 16.5. The Morgan fingerprint density at radius 3 is 2.39 bits per heavy atom. The van der Waals surface area contributed by atoms with Gasteiger partial charge in [0.15, 0.2) is 10.9 Å². The zero-order chi connectivity index (χ0) is 35.3. The molecule has 0 unspecified atom stereocenters. The molecule has 0 atom stereocenters. The summed E-state index contributed by atoms with van der Waals surface area (Å²) in [5.41, 5.74) is 3.62. The van der Waals surface area contributed by atoms with E-state index in [0.29, 0.717) is 23.7 Å². The van der Waals surface area contributed by atoms with Crippen LogP contribution >= 0.6 is 11.3 Å². The van der Waals surface area contributed by atoms with Gasteiger partial charge in [0.25, 0.3) is 0 Å². The number of hydrogen-bond donors (Lipinski definition) is 1. The van der Waals surface area contributed by atoms with E-state index in [4.69, 9.17) is 14.6 Å². The van der Waals surface area contributed by atoms with Gasteiger partial charge in [0.05, 0.1) is 18.0 Å². The van der Waals surface area contributed by atoms with Crippen molar-refractivity contribution in [1.29, 1.82) is 0 Å². The third-order valence-electron chi connectivity index (χ3n) is 12.3. The van der Waals surface area contributed by atoms with Crippen molar-refractivity contribution in [3.05, 3.63) is 41.5 Å². The van der Waals surface area contributed by atoms with Crippen molar-refractivity contribution in [2.75, 3.05) is 19.5 Å². The van der Waals surface area contributed by atoms with Crippen molar-refractivity contribution in [3.8, 4) is 16.3 Å². The fourth-order valence-corrected chi connectivity index (χ4v) is 10.3. The van der Waals surface area contributed by atoms with Crippen molar-refractivity contribution in [1.82, 2.24) is 19.7 Å². The smallest absolute Gasteiger partial charge is 0.225 e. The molecule has 9 nitrogen and oxygen atoms in total. The molecule has 0 spiro atoms. The molecule has 1 N–H and O–H groups in total. The number of nitrogens with one attached hydrogen (secondary N) is 1. The minimum absolute atomic E-state index is 0.0619. The minimum atomic E-state index is -0.147. The summed E-state index contributed by atoms with van der Waals surface area (Å²) in [6.45, 7) is 1.82. The van der Waals surface area contributed by atoms with Gasteiger partial charge in [-0.3, -0.25) is 14.3 Å². The summed E-state index contributed by atoms with van der Waals surface area (Å²) in [4.78, 5) is 33.5. The Hall–Kier alpha value is -3.40. The number of rotatable bonds is 9. The average Bonchev–Trinajstić information content (AvgIpc) is 3.77. The highest BCUT2D eigenvalue weighted by molar-refractivity contribution is 7.19. The van der Waals surface area contributed by atoms with E-state index >= 15 is 0 Å². The van der Waals surface area contributed by atoms with E-state index in [2.05, 4.69) is 45.2 Å². The Kier molecular flexibility index (Phi) is 11.7. The molecule has 0 bridgehead atoms. The van der Waals surface area contributed by atoms with Gasteiger partial charge in [0, 0.05) is 25.9 Å². The number of amides is 2. The van der Waals surface area contributed by atoms with Crippen LogP contribution in [0.15, 0.2) is 30.1 Å². The zero-order valence-electron chi connectivity index (χ0n) is 31.0. The number of nitrogens with zero attached hydrogens (tertiary/aromatic N) is 4. The first kappa shape index (κ1) is 36.0. The van der Waals surface area contributed by atoms with Gasteiger partial charge in [-0.1, -0.05) is 62.4 Å².